The van der Waals surface area contributed by atoms with Crippen molar-refractivity contribution in [2.45, 2.75) is 71.1 Å². The number of piperazine rings is 1. The minimum absolute atomic E-state index is 0.0180. The first-order valence-electron chi connectivity index (χ1n) is 14.7. The van der Waals surface area contributed by atoms with E-state index in [0.29, 0.717) is 18.0 Å². The molecule has 208 valence electrons. The summed E-state index contributed by atoms with van der Waals surface area (Å²) in [5.74, 6) is 0.162. The van der Waals surface area contributed by atoms with Crippen LogP contribution in [0.15, 0.2) is 24.3 Å². The summed E-state index contributed by atoms with van der Waals surface area (Å²) in [5, 5.41) is 3.13. The lowest BCUT2D eigenvalue weighted by Gasteiger charge is -2.35. The number of anilines is 1. The maximum absolute atomic E-state index is 14.1. The molecular formula is C30H44N4O4. The smallest absolute Gasteiger partial charge is 0.251 e. The number of nitrogens with one attached hydrogen (secondary N) is 1. The van der Waals surface area contributed by atoms with Crippen LogP contribution in [-0.2, 0) is 14.3 Å². The molecule has 0 unspecified atom stereocenters. The zero-order valence-corrected chi connectivity index (χ0v) is 23.2. The predicted molar refractivity (Wildman–Crippen MR) is 147 cm³/mol. The SMILES string of the molecule is CCN1CCN(c2ccc(C(=O)N[C@H](C(=O)N3C[C@@H](C(C)C)[C@H]4OCC(=O)[C@H]43)C3CCCCC3)cc2)CC1. The van der Waals surface area contributed by atoms with Crippen LogP contribution in [-0.4, -0.2) is 91.5 Å². The van der Waals surface area contributed by atoms with Crippen LogP contribution < -0.4 is 10.2 Å². The van der Waals surface area contributed by atoms with Gasteiger partial charge in [0.25, 0.3) is 5.91 Å². The van der Waals surface area contributed by atoms with Gasteiger partial charge in [0.15, 0.2) is 5.78 Å². The van der Waals surface area contributed by atoms with Gasteiger partial charge in [0.05, 0.1) is 6.10 Å². The Bertz CT molecular complexity index is 998. The number of ether oxygens (including phenoxy) is 1. The number of likely N-dealkylation sites (N-methyl/N-ethyl adjacent to an activating group) is 1. The lowest BCUT2D eigenvalue weighted by molar-refractivity contribution is -0.139. The zero-order chi connectivity index (χ0) is 26.8. The zero-order valence-electron chi connectivity index (χ0n) is 23.2. The molecule has 4 aliphatic rings. The lowest BCUT2D eigenvalue weighted by Crippen LogP contribution is -2.55. The van der Waals surface area contributed by atoms with E-state index in [9.17, 15) is 14.4 Å². The van der Waals surface area contributed by atoms with E-state index in [1.165, 1.54) is 0 Å². The maximum atomic E-state index is 14.1. The molecule has 0 aromatic heterocycles. The fraction of sp³-hybridized carbons (Fsp3) is 0.700. The second-order valence-corrected chi connectivity index (χ2v) is 11.9. The van der Waals surface area contributed by atoms with E-state index in [0.717, 1.165) is 70.5 Å². The molecule has 1 N–H and O–H groups in total. The first-order chi connectivity index (χ1) is 18.4. The van der Waals surface area contributed by atoms with Crippen LogP contribution in [0, 0.1) is 17.8 Å². The third-order valence-corrected chi connectivity index (χ3v) is 9.35. The second-order valence-electron chi connectivity index (χ2n) is 11.9. The number of rotatable bonds is 7. The molecule has 5 rings (SSSR count). The van der Waals surface area contributed by atoms with Gasteiger partial charge in [0.1, 0.15) is 18.7 Å². The Hall–Kier alpha value is -2.45. The molecule has 8 heteroatoms. The van der Waals surface area contributed by atoms with E-state index in [1.807, 2.05) is 24.3 Å². The van der Waals surface area contributed by atoms with E-state index >= 15 is 0 Å². The minimum Gasteiger partial charge on any atom is -0.369 e. The molecule has 3 aliphatic heterocycles. The van der Waals surface area contributed by atoms with Gasteiger partial charge in [-0.1, -0.05) is 40.0 Å². The largest absolute Gasteiger partial charge is 0.369 e. The minimum atomic E-state index is -0.621. The van der Waals surface area contributed by atoms with E-state index < -0.39 is 12.1 Å². The van der Waals surface area contributed by atoms with Gasteiger partial charge in [-0.15, -0.1) is 0 Å². The number of benzene rings is 1. The number of ketones is 1. The molecule has 2 amide bonds. The van der Waals surface area contributed by atoms with E-state index in [1.54, 1.807) is 4.90 Å². The van der Waals surface area contributed by atoms with Crippen LogP contribution in [0.25, 0.3) is 0 Å². The third-order valence-electron chi connectivity index (χ3n) is 9.35. The Labute approximate surface area is 227 Å². The number of carbonyl (C=O) groups excluding carboxylic acids is 3. The number of amides is 2. The highest BCUT2D eigenvalue weighted by Crippen LogP contribution is 2.37. The molecule has 4 fully saturated rings. The molecule has 3 saturated heterocycles. The molecule has 4 atom stereocenters. The molecule has 1 aromatic carbocycles. The summed E-state index contributed by atoms with van der Waals surface area (Å²) in [5.41, 5.74) is 1.69. The molecule has 3 heterocycles. The highest BCUT2D eigenvalue weighted by Gasteiger charge is 2.54. The molecule has 8 nitrogen and oxygen atoms in total. The Morgan fingerprint density at radius 3 is 2.34 bits per heavy atom. The summed E-state index contributed by atoms with van der Waals surface area (Å²) in [6, 6.07) is 6.62. The highest BCUT2D eigenvalue weighted by atomic mass is 16.5. The van der Waals surface area contributed by atoms with Crippen molar-refractivity contribution in [1.29, 1.82) is 0 Å². The van der Waals surface area contributed by atoms with Crippen LogP contribution in [0.3, 0.4) is 0 Å². The van der Waals surface area contributed by atoms with E-state index in [-0.39, 0.29) is 42.1 Å². The Morgan fingerprint density at radius 1 is 1.03 bits per heavy atom. The summed E-state index contributed by atoms with van der Waals surface area (Å²) >= 11 is 0. The Morgan fingerprint density at radius 2 is 1.71 bits per heavy atom. The van der Waals surface area contributed by atoms with Gasteiger partial charge in [0.2, 0.25) is 5.91 Å². The van der Waals surface area contributed by atoms with Crippen molar-refractivity contribution in [3.63, 3.8) is 0 Å². The normalized spacial score (nSPS) is 27.6. The molecule has 1 saturated carbocycles. The van der Waals surface area contributed by atoms with Crippen LogP contribution >= 0.6 is 0 Å². The molecule has 38 heavy (non-hydrogen) atoms. The number of nitrogens with zero attached hydrogens (tertiary/aromatic N) is 3. The molecule has 1 aromatic rings. The molecule has 0 radical (unpaired) electrons. The van der Waals surface area contributed by atoms with Gasteiger partial charge in [-0.25, -0.2) is 0 Å². The van der Waals surface area contributed by atoms with Crippen molar-refractivity contribution >= 4 is 23.3 Å². The van der Waals surface area contributed by atoms with Gasteiger partial charge >= 0.3 is 0 Å². The van der Waals surface area contributed by atoms with Crippen molar-refractivity contribution in [2.24, 2.45) is 17.8 Å². The fourth-order valence-corrected chi connectivity index (χ4v) is 6.91. The van der Waals surface area contributed by atoms with Crippen molar-refractivity contribution in [2.75, 3.05) is 50.8 Å². The predicted octanol–water partition coefficient (Wildman–Crippen LogP) is 2.96. The van der Waals surface area contributed by atoms with Crippen molar-refractivity contribution in [3.05, 3.63) is 29.8 Å². The second kappa shape index (κ2) is 11.7. The maximum Gasteiger partial charge on any atom is 0.251 e. The Kier molecular flexibility index (Phi) is 8.38. The molecule has 0 spiro atoms. The van der Waals surface area contributed by atoms with Gasteiger partial charge in [0, 0.05) is 49.9 Å². The monoisotopic (exact) mass is 524 g/mol. The topological polar surface area (TPSA) is 82.2 Å². The summed E-state index contributed by atoms with van der Waals surface area (Å²) in [7, 11) is 0. The third kappa shape index (κ3) is 5.48. The van der Waals surface area contributed by atoms with Crippen molar-refractivity contribution < 1.29 is 19.1 Å². The highest BCUT2D eigenvalue weighted by molar-refractivity contribution is 5.99. The first-order valence-corrected chi connectivity index (χ1v) is 14.7. The molecule has 0 bridgehead atoms. The number of likely N-dealkylation sites (tertiary alicyclic amines) is 1. The quantitative estimate of drug-likeness (QED) is 0.591. The summed E-state index contributed by atoms with van der Waals surface area (Å²) in [6.45, 7) is 12.2. The Balaban J connectivity index is 1.31. The van der Waals surface area contributed by atoms with Crippen LogP contribution in [0.5, 0.6) is 0 Å². The van der Waals surface area contributed by atoms with Gasteiger partial charge in [-0.3, -0.25) is 14.4 Å². The fourth-order valence-electron chi connectivity index (χ4n) is 6.91. The number of hydrogen-bond acceptors (Lipinski definition) is 6. The van der Waals surface area contributed by atoms with Crippen molar-refractivity contribution in [1.82, 2.24) is 15.1 Å². The molecular weight excluding hydrogens is 480 g/mol. The summed E-state index contributed by atoms with van der Waals surface area (Å²) in [6.07, 6.45) is 4.88. The standard InChI is InChI=1S/C30H44N4O4/c1-4-32-14-16-33(17-15-32)23-12-10-22(11-13-23)29(36)31-26(21-8-6-5-7-9-21)30(37)34-18-24(20(2)3)28-27(34)25(35)19-38-28/h10-13,20-21,24,26-28H,4-9,14-19H2,1-3H3,(H,31,36)/t24-,26-,27+,28+/m0/s1. The molecule has 1 aliphatic carbocycles. The lowest BCUT2D eigenvalue weighted by atomic mass is 9.83. The van der Waals surface area contributed by atoms with E-state index in [4.69, 9.17) is 4.74 Å². The van der Waals surface area contributed by atoms with Gasteiger partial charge < -0.3 is 24.8 Å². The average molecular weight is 525 g/mol. The van der Waals surface area contributed by atoms with E-state index in [2.05, 4.69) is 35.9 Å². The average Bonchev–Trinajstić information content (AvgIpc) is 3.52. The van der Waals surface area contributed by atoms with Crippen LogP contribution in [0.1, 0.15) is 63.2 Å². The van der Waals surface area contributed by atoms with Gasteiger partial charge in [-0.05, 0) is 55.5 Å². The summed E-state index contributed by atoms with van der Waals surface area (Å²) in [4.78, 5) is 46.8. The van der Waals surface area contributed by atoms with Crippen LogP contribution in [0.4, 0.5) is 5.69 Å². The number of carbonyl (C=O) groups is 3. The first kappa shape index (κ1) is 27.1. The van der Waals surface area contributed by atoms with Crippen molar-refractivity contribution in [3.8, 4) is 0 Å². The number of fused-ring (bicyclic) bond motifs is 1. The summed E-state index contributed by atoms with van der Waals surface area (Å²) < 4.78 is 5.86. The van der Waals surface area contributed by atoms with Gasteiger partial charge in [-0.2, -0.15) is 0 Å². The van der Waals surface area contributed by atoms with Crippen LogP contribution in [0.2, 0.25) is 0 Å². The number of Topliss-reactive ketones (excluding diaryl/α,β-unsaturated/α-hetero) is 1. The number of hydrogen-bond donors (Lipinski definition) is 1.